The molecule has 126 valence electrons. The Bertz CT molecular complexity index is 800. The van der Waals surface area contributed by atoms with Crippen LogP contribution in [0.2, 0.25) is 0 Å². The SMILES string of the molecule is Cc1cccc(C2C(=O)Oc3c(C(C)C)cc(C(C)C)cc32)c1C. The van der Waals surface area contributed by atoms with E-state index < -0.39 is 0 Å². The number of fused-ring (bicyclic) bond motifs is 1. The van der Waals surface area contributed by atoms with Crippen LogP contribution in [0.1, 0.15) is 78.8 Å². The summed E-state index contributed by atoms with van der Waals surface area (Å²) in [6, 6.07) is 10.5. The minimum atomic E-state index is -0.309. The highest BCUT2D eigenvalue weighted by Gasteiger charge is 2.38. The van der Waals surface area contributed by atoms with Crippen LogP contribution in [0.25, 0.3) is 0 Å². The highest BCUT2D eigenvalue weighted by molar-refractivity contribution is 5.90. The average Bonchev–Trinajstić information content (AvgIpc) is 2.84. The van der Waals surface area contributed by atoms with E-state index in [0.29, 0.717) is 11.8 Å². The van der Waals surface area contributed by atoms with Gasteiger partial charge in [-0.3, -0.25) is 4.79 Å². The first-order chi connectivity index (χ1) is 11.3. The molecular weight excluding hydrogens is 296 g/mol. The highest BCUT2D eigenvalue weighted by atomic mass is 16.5. The van der Waals surface area contributed by atoms with E-state index in [9.17, 15) is 4.79 Å². The van der Waals surface area contributed by atoms with E-state index in [1.165, 1.54) is 16.7 Å². The van der Waals surface area contributed by atoms with Gasteiger partial charge in [-0.2, -0.15) is 0 Å². The van der Waals surface area contributed by atoms with Crippen molar-refractivity contribution < 1.29 is 9.53 Å². The maximum absolute atomic E-state index is 12.7. The van der Waals surface area contributed by atoms with Crippen LogP contribution < -0.4 is 4.74 Å². The summed E-state index contributed by atoms with van der Waals surface area (Å²) in [4.78, 5) is 12.7. The summed E-state index contributed by atoms with van der Waals surface area (Å²) in [5, 5.41) is 0. The molecule has 2 aromatic rings. The molecule has 0 saturated heterocycles. The van der Waals surface area contributed by atoms with Crippen molar-refractivity contribution in [3.05, 3.63) is 63.7 Å². The Morgan fingerprint density at radius 1 is 0.958 bits per heavy atom. The second-order valence-electron chi connectivity index (χ2n) is 7.48. The predicted molar refractivity (Wildman–Crippen MR) is 98.0 cm³/mol. The summed E-state index contributed by atoms with van der Waals surface area (Å²) < 4.78 is 5.76. The summed E-state index contributed by atoms with van der Waals surface area (Å²) in [6.45, 7) is 12.9. The van der Waals surface area contributed by atoms with E-state index >= 15 is 0 Å². The smallest absolute Gasteiger partial charge is 0.323 e. The molecule has 0 bridgehead atoms. The molecule has 1 aliphatic heterocycles. The molecule has 0 fully saturated rings. The molecule has 0 amide bonds. The molecule has 0 spiro atoms. The van der Waals surface area contributed by atoms with Crippen LogP contribution in [0.3, 0.4) is 0 Å². The monoisotopic (exact) mass is 322 g/mol. The van der Waals surface area contributed by atoms with Gasteiger partial charge in [-0.1, -0.05) is 58.0 Å². The van der Waals surface area contributed by atoms with Crippen LogP contribution in [0.15, 0.2) is 30.3 Å². The number of esters is 1. The molecule has 1 heterocycles. The Morgan fingerprint density at radius 2 is 1.67 bits per heavy atom. The van der Waals surface area contributed by atoms with Gasteiger partial charge in [-0.25, -0.2) is 0 Å². The first-order valence-corrected chi connectivity index (χ1v) is 8.76. The van der Waals surface area contributed by atoms with E-state index in [4.69, 9.17) is 4.74 Å². The molecule has 0 aromatic heterocycles. The van der Waals surface area contributed by atoms with Crippen molar-refractivity contribution in [1.29, 1.82) is 0 Å². The van der Waals surface area contributed by atoms with Crippen molar-refractivity contribution in [2.45, 2.75) is 59.3 Å². The van der Waals surface area contributed by atoms with Gasteiger partial charge >= 0.3 is 5.97 Å². The number of carbonyl (C=O) groups excluding carboxylic acids is 1. The summed E-state index contributed by atoms with van der Waals surface area (Å²) in [7, 11) is 0. The topological polar surface area (TPSA) is 26.3 Å². The number of rotatable bonds is 3. The Balaban J connectivity index is 2.24. The average molecular weight is 322 g/mol. The molecule has 0 aliphatic carbocycles. The van der Waals surface area contributed by atoms with Gasteiger partial charge in [0.05, 0.1) is 0 Å². The molecule has 2 nitrogen and oxygen atoms in total. The first-order valence-electron chi connectivity index (χ1n) is 8.76. The third-order valence-corrected chi connectivity index (χ3v) is 5.16. The van der Waals surface area contributed by atoms with Crippen molar-refractivity contribution in [2.75, 3.05) is 0 Å². The minimum absolute atomic E-state index is 0.151. The van der Waals surface area contributed by atoms with E-state index in [2.05, 4.69) is 65.8 Å². The number of benzene rings is 2. The third-order valence-electron chi connectivity index (χ3n) is 5.16. The van der Waals surface area contributed by atoms with E-state index in [0.717, 1.165) is 22.4 Å². The molecule has 24 heavy (non-hydrogen) atoms. The van der Waals surface area contributed by atoms with Gasteiger partial charge < -0.3 is 4.74 Å². The van der Waals surface area contributed by atoms with Crippen LogP contribution in [-0.2, 0) is 4.79 Å². The molecule has 1 aliphatic rings. The fourth-order valence-electron chi connectivity index (χ4n) is 3.46. The predicted octanol–water partition coefficient (Wildman–Crippen LogP) is 5.60. The lowest BCUT2D eigenvalue weighted by Crippen LogP contribution is -2.13. The van der Waals surface area contributed by atoms with E-state index in [-0.39, 0.29) is 11.9 Å². The van der Waals surface area contributed by atoms with Crippen LogP contribution >= 0.6 is 0 Å². The third kappa shape index (κ3) is 2.64. The summed E-state index contributed by atoms with van der Waals surface area (Å²) in [6.07, 6.45) is 0. The quantitative estimate of drug-likeness (QED) is 0.543. The standard InChI is InChI=1S/C22H26O2/c1-12(2)16-10-18(13(3)4)21-19(11-16)20(22(23)24-21)17-9-7-8-14(5)15(17)6/h7-13,20H,1-6H3. The molecule has 1 atom stereocenters. The van der Waals surface area contributed by atoms with E-state index in [1.54, 1.807) is 0 Å². The molecule has 0 N–H and O–H groups in total. The van der Waals surface area contributed by atoms with Crippen molar-refractivity contribution in [1.82, 2.24) is 0 Å². The zero-order valence-corrected chi connectivity index (χ0v) is 15.4. The zero-order valence-electron chi connectivity index (χ0n) is 15.4. The van der Waals surface area contributed by atoms with Gasteiger partial charge in [-0.15, -0.1) is 0 Å². The number of aryl methyl sites for hydroxylation is 1. The normalized spacial score (nSPS) is 16.7. The maximum Gasteiger partial charge on any atom is 0.323 e. The number of carbonyl (C=O) groups is 1. The van der Waals surface area contributed by atoms with Gasteiger partial charge in [0.2, 0.25) is 0 Å². The molecule has 2 heteroatoms. The van der Waals surface area contributed by atoms with Crippen molar-refractivity contribution in [3.8, 4) is 5.75 Å². The molecule has 3 rings (SSSR count). The molecule has 0 saturated carbocycles. The fourth-order valence-corrected chi connectivity index (χ4v) is 3.46. The second-order valence-corrected chi connectivity index (χ2v) is 7.48. The highest BCUT2D eigenvalue weighted by Crippen LogP contribution is 2.46. The number of ether oxygens (including phenoxy) is 1. The lowest BCUT2D eigenvalue weighted by atomic mass is 9.84. The Kier molecular flexibility index (Phi) is 4.25. The lowest BCUT2D eigenvalue weighted by molar-refractivity contribution is -0.133. The summed E-state index contributed by atoms with van der Waals surface area (Å²) in [5.74, 6) is 1.06. The summed E-state index contributed by atoms with van der Waals surface area (Å²) in [5.41, 5.74) is 6.88. The molecule has 2 aromatic carbocycles. The second kappa shape index (κ2) is 6.08. The maximum atomic E-state index is 12.7. The van der Waals surface area contributed by atoms with Crippen molar-refractivity contribution >= 4 is 5.97 Å². The zero-order chi connectivity index (χ0) is 17.6. The van der Waals surface area contributed by atoms with Crippen molar-refractivity contribution in [3.63, 3.8) is 0 Å². The van der Waals surface area contributed by atoms with E-state index in [1.807, 2.05) is 6.07 Å². The number of hydrogen-bond donors (Lipinski definition) is 0. The largest absolute Gasteiger partial charge is 0.425 e. The van der Waals surface area contributed by atoms with Gasteiger partial charge in [-0.05, 0) is 53.5 Å². The van der Waals surface area contributed by atoms with Crippen molar-refractivity contribution in [2.24, 2.45) is 0 Å². The lowest BCUT2D eigenvalue weighted by Gasteiger charge is -2.17. The van der Waals surface area contributed by atoms with Crippen LogP contribution in [-0.4, -0.2) is 5.97 Å². The van der Waals surface area contributed by atoms with Crippen LogP contribution in [0.5, 0.6) is 5.75 Å². The number of hydrogen-bond acceptors (Lipinski definition) is 2. The first kappa shape index (κ1) is 16.8. The Hall–Kier alpha value is -2.09. The van der Waals surface area contributed by atoms with Gasteiger partial charge in [0.25, 0.3) is 0 Å². The Morgan fingerprint density at radius 3 is 2.29 bits per heavy atom. The Labute approximate surface area is 144 Å². The van der Waals surface area contributed by atoms with Gasteiger partial charge in [0, 0.05) is 5.56 Å². The molecular formula is C22H26O2. The van der Waals surface area contributed by atoms with Gasteiger partial charge in [0.15, 0.2) is 0 Å². The molecule has 0 radical (unpaired) electrons. The van der Waals surface area contributed by atoms with Crippen LogP contribution in [0, 0.1) is 13.8 Å². The summed E-state index contributed by atoms with van der Waals surface area (Å²) >= 11 is 0. The minimum Gasteiger partial charge on any atom is -0.425 e. The van der Waals surface area contributed by atoms with Crippen LogP contribution in [0.4, 0.5) is 0 Å². The van der Waals surface area contributed by atoms with Gasteiger partial charge in [0.1, 0.15) is 11.7 Å². The molecule has 1 unspecified atom stereocenters. The fraction of sp³-hybridized carbons (Fsp3) is 0.409.